The highest BCUT2D eigenvalue weighted by atomic mass is 32.2. The Labute approximate surface area is 226 Å². The van der Waals surface area contributed by atoms with E-state index in [9.17, 15) is 13.2 Å². The standard InChI is InChI=1S/C25H34N8O5S/c1-3-5-9-32-23-21(24-30-26-17-33(24)25(32)34)28-22(29-23)19-16-18(6-7-20(19)38-13-4-2)39(35,36)27-8-10-31-11-14-37-15-12-31/h6-7,16-17,27H,3-5,8-15H2,1-2H3,(H,28,29). The number of sulfonamides is 1. The molecule has 0 saturated carbocycles. The lowest BCUT2D eigenvalue weighted by Gasteiger charge is -2.26. The zero-order valence-electron chi connectivity index (χ0n) is 22.2. The summed E-state index contributed by atoms with van der Waals surface area (Å²) in [5.41, 5.74) is 1.52. The Morgan fingerprint density at radius 3 is 2.72 bits per heavy atom. The number of aromatic amines is 1. The molecule has 2 N–H and O–H groups in total. The van der Waals surface area contributed by atoms with Gasteiger partial charge >= 0.3 is 5.69 Å². The van der Waals surface area contributed by atoms with E-state index in [-0.39, 0.29) is 17.1 Å². The van der Waals surface area contributed by atoms with Crippen LogP contribution in [0.15, 0.2) is 34.2 Å². The molecule has 0 spiro atoms. The van der Waals surface area contributed by atoms with E-state index in [0.717, 1.165) is 32.4 Å². The molecule has 210 valence electrons. The van der Waals surface area contributed by atoms with E-state index in [4.69, 9.17) is 14.5 Å². The topological polar surface area (TPSA) is 149 Å². The van der Waals surface area contributed by atoms with Gasteiger partial charge < -0.3 is 14.5 Å². The molecule has 1 saturated heterocycles. The van der Waals surface area contributed by atoms with Gasteiger partial charge in [-0.25, -0.2) is 27.3 Å². The summed E-state index contributed by atoms with van der Waals surface area (Å²) in [6.45, 7) is 8.72. The number of nitrogens with one attached hydrogen (secondary N) is 2. The number of imidazole rings is 1. The molecule has 0 amide bonds. The zero-order chi connectivity index (χ0) is 27.4. The van der Waals surface area contributed by atoms with E-state index >= 15 is 0 Å². The van der Waals surface area contributed by atoms with Crippen molar-refractivity contribution in [2.75, 3.05) is 46.0 Å². The summed E-state index contributed by atoms with van der Waals surface area (Å²) in [6, 6.07) is 4.73. The molecule has 13 nitrogen and oxygen atoms in total. The fourth-order valence-corrected chi connectivity index (χ4v) is 5.62. The van der Waals surface area contributed by atoms with Crippen LogP contribution in [0.3, 0.4) is 0 Å². The Hall–Kier alpha value is -3.33. The highest BCUT2D eigenvalue weighted by Crippen LogP contribution is 2.32. The van der Waals surface area contributed by atoms with Crippen LogP contribution in [0.5, 0.6) is 5.75 Å². The van der Waals surface area contributed by atoms with Crippen molar-refractivity contribution >= 4 is 26.8 Å². The van der Waals surface area contributed by atoms with Crippen molar-refractivity contribution in [3.05, 3.63) is 35.0 Å². The van der Waals surface area contributed by atoms with Crippen LogP contribution in [-0.4, -0.2) is 88.5 Å². The molecular weight excluding hydrogens is 524 g/mol. The second kappa shape index (κ2) is 11.8. The summed E-state index contributed by atoms with van der Waals surface area (Å²) in [5.74, 6) is 0.866. The number of fused-ring (bicyclic) bond motifs is 3. The average Bonchev–Trinajstić information content (AvgIpc) is 3.60. The third kappa shape index (κ3) is 5.69. The van der Waals surface area contributed by atoms with Crippen LogP contribution in [0.25, 0.3) is 28.2 Å². The van der Waals surface area contributed by atoms with Crippen molar-refractivity contribution < 1.29 is 17.9 Å². The molecule has 1 fully saturated rings. The number of H-pyrrole nitrogens is 1. The van der Waals surface area contributed by atoms with Crippen molar-refractivity contribution in [1.82, 2.24) is 38.8 Å². The van der Waals surface area contributed by atoms with Gasteiger partial charge in [-0.15, -0.1) is 10.2 Å². The number of rotatable bonds is 12. The van der Waals surface area contributed by atoms with E-state index in [1.807, 2.05) is 13.8 Å². The van der Waals surface area contributed by atoms with Crippen molar-refractivity contribution in [1.29, 1.82) is 0 Å². The second-order valence-corrected chi connectivity index (χ2v) is 11.2. The van der Waals surface area contributed by atoms with Gasteiger partial charge in [-0.05, 0) is 31.0 Å². The van der Waals surface area contributed by atoms with Gasteiger partial charge in [0.25, 0.3) is 0 Å². The van der Waals surface area contributed by atoms with Crippen LogP contribution in [0.4, 0.5) is 0 Å². The van der Waals surface area contributed by atoms with E-state index in [0.29, 0.717) is 66.9 Å². The largest absolute Gasteiger partial charge is 0.493 e. The van der Waals surface area contributed by atoms with Crippen LogP contribution >= 0.6 is 0 Å². The molecule has 1 aliphatic heterocycles. The number of ether oxygens (including phenoxy) is 2. The van der Waals surface area contributed by atoms with Crippen molar-refractivity contribution in [3.8, 4) is 17.1 Å². The predicted molar refractivity (Wildman–Crippen MR) is 145 cm³/mol. The van der Waals surface area contributed by atoms with E-state index in [2.05, 4.69) is 24.8 Å². The Bertz CT molecular complexity index is 1600. The number of nitrogens with zero attached hydrogens (tertiary/aromatic N) is 6. The SMILES string of the molecule is CCCCn1c(=O)n2cnnc2c2[nH]c(-c3cc(S(=O)(=O)NCCN4CCOCC4)ccc3OCCC)nc21. The summed E-state index contributed by atoms with van der Waals surface area (Å²) in [5, 5.41) is 8.03. The first-order chi connectivity index (χ1) is 18.9. The van der Waals surface area contributed by atoms with Crippen molar-refractivity contribution in [2.45, 2.75) is 44.6 Å². The van der Waals surface area contributed by atoms with E-state index in [1.54, 1.807) is 16.7 Å². The third-order valence-corrected chi connectivity index (χ3v) is 8.14. The number of morpholine rings is 1. The molecule has 5 rings (SSSR count). The highest BCUT2D eigenvalue weighted by molar-refractivity contribution is 7.89. The lowest BCUT2D eigenvalue weighted by Crippen LogP contribution is -2.41. The number of hydrogen-bond donors (Lipinski definition) is 2. The fourth-order valence-electron chi connectivity index (χ4n) is 4.57. The molecule has 0 radical (unpaired) electrons. The number of aryl methyl sites for hydroxylation is 1. The molecule has 0 bridgehead atoms. The van der Waals surface area contributed by atoms with Gasteiger partial charge in [0.2, 0.25) is 10.0 Å². The number of benzene rings is 1. The Balaban J connectivity index is 1.53. The molecule has 0 unspecified atom stereocenters. The van der Waals surface area contributed by atoms with Crippen LogP contribution in [0, 0.1) is 0 Å². The molecule has 39 heavy (non-hydrogen) atoms. The van der Waals surface area contributed by atoms with Gasteiger partial charge in [0, 0.05) is 32.7 Å². The Morgan fingerprint density at radius 1 is 1.13 bits per heavy atom. The smallest absolute Gasteiger partial charge is 0.336 e. The molecular formula is C25H34N8O5S. The summed E-state index contributed by atoms with van der Waals surface area (Å²) >= 11 is 0. The van der Waals surface area contributed by atoms with Crippen LogP contribution in [0.1, 0.15) is 33.1 Å². The number of unbranched alkanes of at least 4 members (excludes halogenated alkanes) is 1. The van der Waals surface area contributed by atoms with Crippen LogP contribution in [0.2, 0.25) is 0 Å². The summed E-state index contributed by atoms with van der Waals surface area (Å²) in [4.78, 5) is 23.4. The van der Waals surface area contributed by atoms with Gasteiger partial charge in [0.05, 0.1) is 30.3 Å². The number of hydrogen-bond acceptors (Lipinski definition) is 9. The molecule has 0 atom stereocenters. The molecule has 4 aromatic rings. The first-order valence-corrected chi connectivity index (χ1v) is 14.8. The van der Waals surface area contributed by atoms with Gasteiger partial charge in [-0.2, -0.15) is 0 Å². The van der Waals surface area contributed by atoms with Gasteiger partial charge in [-0.3, -0.25) is 9.47 Å². The first-order valence-electron chi connectivity index (χ1n) is 13.3. The van der Waals surface area contributed by atoms with Gasteiger partial charge in [0.15, 0.2) is 11.3 Å². The first kappa shape index (κ1) is 27.2. The van der Waals surface area contributed by atoms with Crippen molar-refractivity contribution in [2.24, 2.45) is 0 Å². The Kier molecular flexibility index (Phi) is 8.26. The van der Waals surface area contributed by atoms with Gasteiger partial charge in [0.1, 0.15) is 23.4 Å². The van der Waals surface area contributed by atoms with E-state index < -0.39 is 10.0 Å². The summed E-state index contributed by atoms with van der Waals surface area (Å²) < 4.78 is 43.4. The Morgan fingerprint density at radius 2 is 1.95 bits per heavy atom. The monoisotopic (exact) mass is 558 g/mol. The quantitative estimate of drug-likeness (QED) is 0.265. The maximum atomic E-state index is 13.2. The minimum absolute atomic E-state index is 0.0970. The molecule has 3 aromatic heterocycles. The fraction of sp³-hybridized carbons (Fsp3) is 0.520. The molecule has 14 heteroatoms. The lowest BCUT2D eigenvalue weighted by atomic mass is 10.2. The maximum absolute atomic E-state index is 13.2. The second-order valence-electron chi connectivity index (χ2n) is 9.45. The van der Waals surface area contributed by atoms with Crippen molar-refractivity contribution in [3.63, 3.8) is 0 Å². The minimum Gasteiger partial charge on any atom is -0.493 e. The molecule has 0 aliphatic carbocycles. The summed E-state index contributed by atoms with van der Waals surface area (Å²) in [7, 11) is -3.80. The molecule has 1 aromatic carbocycles. The van der Waals surface area contributed by atoms with Crippen LogP contribution in [-0.2, 0) is 21.3 Å². The zero-order valence-corrected chi connectivity index (χ0v) is 23.0. The maximum Gasteiger partial charge on any atom is 0.336 e. The number of aromatic nitrogens is 6. The normalized spacial score (nSPS) is 14.9. The van der Waals surface area contributed by atoms with Gasteiger partial charge in [-0.1, -0.05) is 20.3 Å². The highest BCUT2D eigenvalue weighted by Gasteiger charge is 2.22. The molecule has 4 heterocycles. The minimum atomic E-state index is -3.80. The predicted octanol–water partition coefficient (Wildman–Crippen LogP) is 1.63. The van der Waals surface area contributed by atoms with E-state index in [1.165, 1.54) is 16.8 Å². The lowest BCUT2D eigenvalue weighted by molar-refractivity contribution is 0.0390. The third-order valence-electron chi connectivity index (χ3n) is 6.69. The molecule has 1 aliphatic rings. The summed E-state index contributed by atoms with van der Waals surface area (Å²) in [6.07, 6.45) is 3.85. The average molecular weight is 559 g/mol. The van der Waals surface area contributed by atoms with Crippen LogP contribution < -0.4 is 15.1 Å².